The Bertz CT molecular complexity index is 580. The van der Waals surface area contributed by atoms with E-state index in [0.29, 0.717) is 12.1 Å². The third-order valence-electron chi connectivity index (χ3n) is 2.29. The van der Waals surface area contributed by atoms with Gasteiger partial charge in [-0.3, -0.25) is 14.3 Å². The fraction of sp³-hybridized carbons (Fsp3) is 0.333. The molecule has 110 valence electrons. The van der Waals surface area contributed by atoms with Crippen molar-refractivity contribution in [3.05, 3.63) is 29.8 Å². The molecule has 1 rings (SSSR count). The van der Waals surface area contributed by atoms with Gasteiger partial charge in [-0.25, -0.2) is 8.42 Å². The summed E-state index contributed by atoms with van der Waals surface area (Å²) in [6.07, 6.45) is 0.505. The van der Waals surface area contributed by atoms with E-state index in [-0.39, 0.29) is 11.3 Å². The van der Waals surface area contributed by atoms with Crippen LogP contribution in [0, 0.1) is 0 Å². The third kappa shape index (κ3) is 5.27. The lowest BCUT2D eigenvalue weighted by molar-refractivity contribution is -0.135. The average Bonchev–Trinajstić information content (AvgIpc) is 2.36. The molecule has 0 spiro atoms. The standard InChI is InChI=1S/C12H16N2O5S/c1-2-7-20(18,19)14-10-5-3-9(4-6-10)12(17)13-8-11(15)16/h3-6,14H,2,7-8H2,1H3,(H,13,17)(H,15,16). The zero-order valence-electron chi connectivity index (χ0n) is 10.9. The van der Waals surface area contributed by atoms with Crippen LogP contribution in [0.2, 0.25) is 0 Å². The number of anilines is 1. The summed E-state index contributed by atoms with van der Waals surface area (Å²) in [4.78, 5) is 21.9. The minimum Gasteiger partial charge on any atom is -0.480 e. The molecular weight excluding hydrogens is 284 g/mol. The van der Waals surface area contributed by atoms with Crippen LogP contribution in [0.3, 0.4) is 0 Å². The number of carbonyl (C=O) groups is 2. The lowest BCUT2D eigenvalue weighted by Gasteiger charge is -2.08. The number of amides is 1. The molecule has 0 saturated heterocycles. The molecule has 1 aromatic rings. The Hall–Kier alpha value is -2.09. The Balaban J connectivity index is 2.69. The largest absolute Gasteiger partial charge is 0.480 e. The van der Waals surface area contributed by atoms with Crippen molar-refractivity contribution in [3.8, 4) is 0 Å². The zero-order valence-corrected chi connectivity index (χ0v) is 11.7. The second kappa shape index (κ2) is 6.90. The van der Waals surface area contributed by atoms with Gasteiger partial charge in [-0.05, 0) is 30.7 Å². The molecule has 0 aliphatic rings. The Morgan fingerprint density at radius 1 is 1.20 bits per heavy atom. The highest BCUT2D eigenvalue weighted by Crippen LogP contribution is 2.11. The summed E-state index contributed by atoms with van der Waals surface area (Å²) in [7, 11) is -3.37. The number of carboxylic acid groups (broad SMARTS) is 1. The predicted octanol–water partition coefficient (Wildman–Crippen LogP) is 0.653. The molecule has 0 heterocycles. The lowest BCUT2D eigenvalue weighted by atomic mass is 10.2. The van der Waals surface area contributed by atoms with Crippen molar-refractivity contribution >= 4 is 27.6 Å². The van der Waals surface area contributed by atoms with E-state index in [2.05, 4.69) is 10.0 Å². The van der Waals surface area contributed by atoms with Gasteiger partial charge in [-0.2, -0.15) is 0 Å². The van der Waals surface area contributed by atoms with Crippen molar-refractivity contribution in [3.63, 3.8) is 0 Å². The number of aliphatic carboxylic acids is 1. The van der Waals surface area contributed by atoms with Crippen LogP contribution in [0.5, 0.6) is 0 Å². The van der Waals surface area contributed by atoms with E-state index in [1.165, 1.54) is 24.3 Å². The first-order valence-corrected chi connectivity index (χ1v) is 7.60. The van der Waals surface area contributed by atoms with Gasteiger partial charge in [-0.15, -0.1) is 0 Å². The minimum absolute atomic E-state index is 0.0217. The number of hydrogen-bond acceptors (Lipinski definition) is 4. The van der Waals surface area contributed by atoms with E-state index >= 15 is 0 Å². The van der Waals surface area contributed by atoms with E-state index in [4.69, 9.17) is 5.11 Å². The molecule has 0 radical (unpaired) electrons. The predicted molar refractivity (Wildman–Crippen MR) is 74.1 cm³/mol. The highest BCUT2D eigenvalue weighted by atomic mass is 32.2. The fourth-order valence-corrected chi connectivity index (χ4v) is 2.58. The SMILES string of the molecule is CCCS(=O)(=O)Nc1ccc(C(=O)NCC(=O)O)cc1. The number of benzene rings is 1. The van der Waals surface area contributed by atoms with Crippen LogP contribution in [-0.2, 0) is 14.8 Å². The number of rotatable bonds is 7. The van der Waals surface area contributed by atoms with Gasteiger partial charge in [0.05, 0.1) is 5.75 Å². The van der Waals surface area contributed by atoms with Gasteiger partial charge in [0.25, 0.3) is 5.91 Å². The molecule has 1 aromatic carbocycles. The van der Waals surface area contributed by atoms with Gasteiger partial charge >= 0.3 is 5.97 Å². The van der Waals surface area contributed by atoms with Crippen LogP contribution >= 0.6 is 0 Å². The van der Waals surface area contributed by atoms with Gasteiger partial charge in [0, 0.05) is 11.3 Å². The Morgan fingerprint density at radius 3 is 2.30 bits per heavy atom. The van der Waals surface area contributed by atoms with E-state index in [9.17, 15) is 18.0 Å². The van der Waals surface area contributed by atoms with Crippen LogP contribution in [-0.4, -0.2) is 37.7 Å². The van der Waals surface area contributed by atoms with Gasteiger partial charge < -0.3 is 10.4 Å². The van der Waals surface area contributed by atoms with Crippen LogP contribution < -0.4 is 10.0 Å². The summed E-state index contributed by atoms with van der Waals surface area (Å²) in [5.74, 6) is -1.65. The maximum absolute atomic E-state index is 11.5. The molecule has 7 nitrogen and oxygen atoms in total. The van der Waals surface area contributed by atoms with Crippen molar-refractivity contribution in [2.24, 2.45) is 0 Å². The first-order chi connectivity index (χ1) is 9.34. The number of carbonyl (C=O) groups excluding carboxylic acids is 1. The first kappa shape index (κ1) is 16.0. The molecule has 0 aliphatic carbocycles. The van der Waals surface area contributed by atoms with E-state index in [1.54, 1.807) is 6.92 Å². The Morgan fingerprint density at radius 2 is 1.80 bits per heavy atom. The summed E-state index contributed by atoms with van der Waals surface area (Å²) < 4.78 is 25.5. The van der Waals surface area contributed by atoms with E-state index in [0.717, 1.165) is 0 Å². The summed E-state index contributed by atoms with van der Waals surface area (Å²) in [5.41, 5.74) is 0.609. The molecule has 0 aromatic heterocycles. The van der Waals surface area contributed by atoms with Gasteiger partial charge in [0.2, 0.25) is 10.0 Å². The number of nitrogens with one attached hydrogen (secondary N) is 2. The maximum atomic E-state index is 11.5. The van der Waals surface area contributed by atoms with Crippen LogP contribution in [0.1, 0.15) is 23.7 Å². The molecule has 0 bridgehead atoms. The highest BCUT2D eigenvalue weighted by Gasteiger charge is 2.10. The molecular formula is C12H16N2O5S. The fourth-order valence-electron chi connectivity index (χ4n) is 1.45. The van der Waals surface area contributed by atoms with Gasteiger partial charge in [-0.1, -0.05) is 6.92 Å². The smallest absolute Gasteiger partial charge is 0.322 e. The molecule has 3 N–H and O–H groups in total. The number of sulfonamides is 1. The first-order valence-electron chi connectivity index (χ1n) is 5.94. The molecule has 0 fully saturated rings. The quantitative estimate of drug-likeness (QED) is 0.684. The van der Waals surface area contributed by atoms with Crippen molar-refractivity contribution in [1.29, 1.82) is 0 Å². The normalized spacial score (nSPS) is 10.8. The number of carboxylic acids is 1. The summed E-state index contributed by atoms with van der Waals surface area (Å²) in [5, 5.41) is 10.6. The van der Waals surface area contributed by atoms with Crippen LogP contribution in [0.25, 0.3) is 0 Å². The van der Waals surface area contributed by atoms with E-state index in [1.807, 2.05) is 0 Å². The maximum Gasteiger partial charge on any atom is 0.322 e. The average molecular weight is 300 g/mol. The van der Waals surface area contributed by atoms with Crippen molar-refractivity contribution in [1.82, 2.24) is 5.32 Å². The van der Waals surface area contributed by atoms with Crippen LogP contribution in [0.15, 0.2) is 24.3 Å². The monoisotopic (exact) mass is 300 g/mol. The summed E-state index contributed by atoms with van der Waals surface area (Å²) in [6, 6.07) is 5.73. The lowest BCUT2D eigenvalue weighted by Crippen LogP contribution is -2.29. The molecule has 0 unspecified atom stereocenters. The van der Waals surface area contributed by atoms with E-state index < -0.39 is 28.4 Å². The highest BCUT2D eigenvalue weighted by molar-refractivity contribution is 7.92. The molecule has 1 amide bonds. The zero-order chi connectivity index (χ0) is 15.2. The molecule has 20 heavy (non-hydrogen) atoms. The van der Waals surface area contributed by atoms with Crippen molar-refractivity contribution < 1.29 is 23.1 Å². The van der Waals surface area contributed by atoms with Crippen molar-refractivity contribution in [2.75, 3.05) is 17.0 Å². The second-order valence-electron chi connectivity index (χ2n) is 4.07. The van der Waals surface area contributed by atoms with Crippen molar-refractivity contribution in [2.45, 2.75) is 13.3 Å². The Kier molecular flexibility index (Phi) is 5.51. The molecule has 8 heteroatoms. The second-order valence-corrected chi connectivity index (χ2v) is 5.92. The molecule has 0 atom stereocenters. The van der Waals surface area contributed by atoms with Gasteiger partial charge in [0.15, 0.2) is 0 Å². The number of hydrogen-bond donors (Lipinski definition) is 3. The molecule has 0 aliphatic heterocycles. The van der Waals surface area contributed by atoms with Crippen LogP contribution in [0.4, 0.5) is 5.69 Å². The third-order valence-corrected chi connectivity index (χ3v) is 3.79. The molecule has 0 saturated carbocycles. The topological polar surface area (TPSA) is 113 Å². The minimum atomic E-state index is -3.37. The van der Waals surface area contributed by atoms with Gasteiger partial charge in [0.1, 0.15) is 6.54 Å². The summed E-state index contributed by atoms with van der Waals surface area (Å²) >= 11 is 0. The summed E-state index contributed by atoms with van der Waals surface area (Å²) in [6.45, 7) is 1.29. The Labute approximate surface area is 117 Å².